The van der Waals surface area contributed by atoms with Crippen molar-refractivity contribution in [3.63, 3.8) is 0 Å². The summed E-state index contributed by atoms with van der Waals surface area (Å²) in [5, 5.41) is 14.2. The molecule has 1 aliphatic heterocycles. The monoisotopic (exact) mass is 305 g/mol. The highest BCUT2D eigenvalue weighted by Gasteiger charge is 2.30. The molecule has 3 atom stereocenters. The van der Waals surface area contributed by atoms with Crippen molar-refractivity contribution < 1.29 is 14.6 Å². The molecule has 0 saturated carbocycles. The van der Waals surface area contributed by atoms with Crippen LogP contribution in [-0.2, 0) is 9.53 Å². The summed E-state index contributed by atoms with van der Waals surface area (Å²) >= 11 is 1.56. The van der Waals surface area contributed by atoms with Gasteiger partial charge in [0, 0.05) is 22.7 Å². The number of nitrogens with one attached hydrogen (secondary N) is 1. The number of aliphatic hydroxyl groups excluding tert-OH is 1. The molecule has 3 rings (SSSR count). The van der Waals surface area contributed by atoms with Crippen molar-refractivity contribution in [3.05, 3.63) is 35.2 Å². The molecule has 0 spiro atoms. The maximum Gasteiger partial charge on any atom is 0.225 e. The van der Waals surface area contributed by atoms with Crippen molar-refractivity contribution in [2.45, 2.75) is 25.6 Å². The van der Waals surface area contributed by atoms with Gasteiger partial charge in [0.05, 0.1) is 12.0 Å². The molecular weight excluding hydrogens is 286 g/mol. The van der Waals surface area contributed by atoms with Crippen LogP contribution in [0.2, 0.25) is 0 Å². The average molecular weight is 305 g/mol. The van der Waals surface area contributed by atoms with Crippen LogP contribution in [0.1, 0.15) is 24.3 Å². The third-order valence-corrected chi connectivity index (χ3v) is 5.17. The third kappa shape index (κ3) is 3.10. The van der Waals surface area contributed by atoms with Crippen LogP contribution < -0.4 is 5.32 Å². The first-order valence-electron chi connectivity index (χ1n) is 7.21. The topological polar surface area (TPSA) is 58.6 Å². The molecule has 1 aliphatic rings. The van der Waals surface area contributed by atoms with Crippen molar-refractivity contribution in [1.29, 1.82) is 0 Å². The van der Waals surface area contributed by atoms with Crippen LogP contribution in [0.5, 0.6) is 0 Å². The van der Waals surface area contributed by atoms with Crippen molar-refractivity contribution in [3.8, 4) is 0 Å². The maximum absolute atomic E-state index is 12.1. The maximum atomic E-state index is 12.1. The third-order valence-electron chi connectivity index (χ3n) is 3.96. The first-order valence-corrected chi connectivity index (χ1v) is 8.02. The molecule has 5 heteroatoms. The molecule has 1 aromatic carbocycles. The number of carbonyl (C=O) groups is 1. The van der Waals surface area contributed by atoms with E-state index >= 15 is 0 Å². The van der Waals surface area contributed by atoms with Crippen LogP contribution in [0, 0.1) is 5.92 Å². The first-order chi connectivity index (χ1) is 10.1. The second-order valence-electron chi connectivity index (χ2n) is 5.42. The Hall–Kier alpha value is -1.43. The van der Waals surface area contributed by atoms with Crippen molar-refractivity contribution in [2.75, 3.05) is 13.2 Å². The molecule has 21 heavy (non-hydrogen) atoms. The molecule has 2 aromatic rings. The van der Waals surface area contributed by atoms with Gasteiger partial charge < -0.3 is 15.2 Å². The van der Waals surface area contributed by atoms with Crippen LogP contribution in [0.25, 0.3) is 10.1 Å². The fourth-order valence-corrected chi connectivity index (χ4v) is 3.72. The number of thiophene rings is 1. The van der Waals surface area contributed by atoms with E-state index in [-0.39, 0.29) is 24.5 Å². The number of aliphatic hydroxyl groups is 1. The normalized spacial score (nSPS) is 23.3. The Kier molecular flexibility index (Phi) is 4.24. The Balaban J connectivity index is 1.61. The highest BCUT2D eigenvalue weighted by atomic mass is 32.1. The molecular formula is C16H19NO3S. The van der Waals surface area contributed by atoms with E-state index in [1.165, 1.54) is 0 Å². The average Bonchev–Trinajstić information content (AvgIpc) is 3.10. The smallest absolute Gasteiger partial charge is 0.225 e. The summed E-state index contributed by atoms with van der Waals surface area (Å²) < 4.78 is 6.55. The number of fused-ring (bicyclic) bond motifs is 1. The van der Waals surface area contributed by atoms with Gasteiger partial charge in [-0.15, -0.1) is 11.3 Å². The number of benzene rings is 1. The molecule has 1 amide bonds. The molecule has 112 valence electrons. The Morgan fingerprint density at radius 1 is 1.52 bits per heavy atom. The Bertz CT molecular complexity index is 606. The number of hydrogen-bond acceptors (Lipinski definition) is 4. The molecule has 0 aliphatic carbocycles. The Morgan fingerprint density at radius 2 is 2.33 bits per heavy atom. The molecule has 1 fully saturated rings. The van der Waals surface area contributed by atoms with Crippen LogP contribution in [0.15, 0.2) is 30.3 Å². The molecule has 0 radical (unpaired) electrons. The van der Waals surface area contributed by atoms with E-state index < -0.39 is 6.10 Å². The molecule has 4 nitrogen and oxygen atoms in total. The Labute approximate surface area is 127 Å². The summed E-state index contributed by atoms with van der Waals surface area (Å²) in [6.07, 6.45) is 0.0573. The van der Waals surface area contributed by atoms with E-state index in [0.717, 1.165) is 21.4 Å². The number of ether oxygens (including phenoxy) is 1. The van der Waals surface area contributed by atoms with Crippen LogP contribution in [-0.4, -0.2) is 30.3 Å². The summed E-state index contributed by atoms with van der Waals surface area (Å²) in [6, 6.07) is 10.0. The molecule has 3 unspecified atom stereocenters. The van der Waals surface area contributed by atoms with Gasteiger partial charge in [0.15, 0.2) is 0 Å². The van der Waals surface area contributed by atoms with Gasteiger partial charge in [-0.3, -0.25) is 4.79 Å². The quantitative estimate of drug-likeness (QED) is 0.912. The van der Waals surface area contributed by atoms with Gasteiger partial charge in [0.25, 0.3) is 0 Å². The van der Waals surface area contributed by atoms with Gasteiger partial charge in [0.2, 0.25) is 5.91 Å². The summed E-state index contributed by atoms with van der Waals surface area (Å²) in [5.74, 6) is -0.125. The van der Waals surface area contributed by atoms with Crippen LogP contribution in [0.3, 0.4) is 0 Å². The van der Waals surface area contributed by atoms with E-state index in [2.05, 4.69) is 5.32 Å². The SMILES string of the molecule is CC1OCCC1C(=O)NCC(O)c1cc2ccccc2s1. The van der Waals surface area contributed by atoms with Crippen molar-refractivity contribution in [2.24, 2.45) is 5.92 Å². The van der Waals surface area contributed by atoms with E-state index in [0.29, 0.717) is 6.61 Å². The summed E-state index contributed by atoms with van der Waals surface area (Å²) in [4.78, 5) is 12.9. The van der Waals surface area contributed by atoms with E-state index in [1.54, 1.807) is 11.3 Å². The van der Waals surface area contributed by atoms with Gasteiger partial charge in [-0.2, -0.15) is 0 Å². The Morgan fingerprint density at radius 3 is 3.05 bits per heavy atom. The van der Waals surface area contributed by atoms with E-state index in [4.69, 9.17) is 4.74 Å². The second kappa shape index (κ2) is 6.13. The van der Waals surface area contributed by atoms with Crippen molar-refractivity contribution in [1.82, 2.24) is 5.32 Å². The van der Waals surface area contributed by atoms with Crippen LogP contribution in [0.4, 0.5) is 0 Å². The minimum atomic E-state index is -0.663. The number of rotatable bonds is 4. The van der Waals surface area contributed by atoms with Gasteiger partial charge in [-0.25, -0.2) is 0 Å². The van der Waals surface area contributed by atoms with E-state index in [1.807, 2.05) is 37.3 Å². The van der Waals surface area contributed by atoms with Gasteiger partial charge in [-0.05, 0) is 30.9 Å². The fraction of sp³-hybridized carbons (Fsp3) is 0.438. The minimum absolute atomic E-state index is 0.0276. The lowest BCUT2D eigenvalue weighted by molar-refractivity contribution is -0.126. The second-order valence-corrected chi connectivity index (χ2v) is 6.53. The van der Waals surface area contributed by atoms with E-state index in [9.17, 15) is 9.90 Å². The lowest BCUT2D eigenvalue weighted by Gasteiger charge is -2.15. The summed E-state index contributed by atoms with van der Waals surface area (Å²) in [5.41, 5.74) is 0. The fourth-order valence-electron chi connectivity index (χ4n) is 2.67. The highest BCUT2D eigenvalue weighted by molar-refractivity contribution is 7.19. The molecule has 1 saturated heterocycles. The lowest BCUT2D eigenvalue weighted by Crippen LogP contribution is -2.36. The number of amides is 1. The summed E-state index contributed by atoms with van der Waals surface area (Å²) in [6.45, 7) is 2.80. The zero-order valence-corrected chi connectivity index (χ0v) is 12.7. The zero-order valence-electron chi connectivity index (χ0n) is 11.9. The van der Waals surface area contributed by atoms with Gasteiger partial charge >= 0.3 is 0 Å². The van der Waals surface area contributed by atoms with Gasteiger partial charge in [-0.1, -0.05) is 18.2 Å². The largest absolute Gasteiger partial charge is 0.386 e. The summed E-state index contributed by atoms with van der Waals surface area (Å²) in [7, 11) is 0. The molecule has 0 bridgehead atoms. The first kappa shape index (κ1) is 14.5. The molecule has 2 N–H and O–H groups in total. The predicted molar refractivity (Wildman–Crippen MR) is 83.3 cm³/mol. The van der Waals surface area contributed by atoms with Gasteiger partial charge in [0.1, 0.15) is 6.10 Å². The highest BCUT2D eigenvalue weighted by Crippen LogP contribution is 2.29. The number of hydrogen-bond donors (Lipinski definition) is 2. The standard InChI is InChI=1S/C16H19NO3S/c1-10-12(6-7-20-10)16(19)17-9-13(18)15-8-11-4-2-3-5-14(11)21-15/h2-5,8,10,12-13,18H,6-7,9H2,1H3,(H,17,19). The van der Waals surface area contributed by atoms with Crippen molar-refractivity contribution >= 4 is 27.3 Å². The predicted octanol–water partition coefficient (Wildman–Crippen LogP) is 2.48. The van der Waals surface area contributed by atoms with Crippen LogP contribution >= 0.6 is 11.3 Å². The minimum Gasteiger partial charge on any atom is -0.386 e. The lowest BCUT2D eigenvalue weighted by atomic mass is 10.0. The molecule has 1 aromatic heterocycles. The number of carbonyl (C=O) groups excluding carboxylic acids is 1. The molecule has 2 heterocycles. The zero-order chi connectivity index (χ0) is 14.8.